The highest BCUT2D eigenvalue weighted by atomic mass is 32.1. The summed E-state index contributed by atoms with van der Waals surface area (Å²) in [5.41, 5.74) is 9.04. The fourth-order valence-electron chi connectivity index (χ4n) is 1.88. The Labute approximate surface area is 109 Å². The van der Waals surface area contributed by atoms with E-state index >= 15 is 0 Å². The molecule has 0 aliphatic heterocycles. The molecule has 3 rings (SSSR count). The molecule has 0 radical (unpaired) electrons. The third kappa shape index (κ3) is 1.91. The van der Waals surface area contributed by atoms with Gasteiger partial charge < -0.3 is 5.73 Å². The van der Waals surface area contributed by atoms with Gasteiger partial charge in [0, 0.05) is 17.4 Å². The maximum absolute atomic E-state index is 5.53. The van der Waals surface area contributed by atoms with Gasteiger partial charge in [-0.05, 0) is 13.5 Å². The molecule has 92 valence electrons. The Hall–Kier alpha value is -1.72. The third-order valence-electron chi connectivity index (χ3n) is 2.84. The zero-order valence-corrected chi connectivity index (χ0v) is 10.9. The monoisotopic (exact) mass is 258 g/mol. The van der Waals surface area contributed by atoms with Gasteiger partial charge in [0.15, 0.2) is 5.82 Å². The van der Waals surface area contributed by atoms with Gasteiger partial charge in [0.2, 0.25) is 4.96 Å². The molecular weight excluding hydrogens is 244 g/mol. The van der Waals surface area contributed by atoms with Crippen LogP contribution in [0.25, 0.3) is 16.2 Å². The van der Waals surface area contributed by atoms with Gasteiger partial charge in [-0.15, -0.1) is 16.4 Å². The summed E-state index contributed by atoms with van der Waals surface area (Å²) in [6.07, 6.45) is 0.724. The lowest BCUT2D eigenvalue weighted by atomic mass is 10.1. The normalized spacial score (nSPS) is 11.2. The molecule has 0 spiro atoms. The van der Waals surface area contributed by atoms with Crippen molar-refractivity contribution >= 4 is 16.3 Å². The van der Waals surface area contributed by atoms with Crippen molar-refractivity contribution in [1.29, 1.82) is 0 Å². The van der Waals surface area contributed by atoms with E-state index in [1.165, 1.54) is 5.56 Å². The van der Waals surface area contributed by atoms with E-state index in [1.807, 2.05) is 4.52 Å². The number of nitrogens with zero attached hydrogens (tertiary/aromatic N) is 3. The van der Waals surface area contributed by atoms with Gasteiger partial charge in [-0.25, -0.2) is 9.50 Å². The Kier molecular flexibility index (Phi) is 2.85. The van der Waals surface area contributed by atoms with Crippen molar-refractivity contribution in [2.75, 3.05) is 6.54 Å². The molecule has 0 aliphatic rings. The highest BCUT2D eigenvalue weighted by Gasteiger charge is 2.10. The largest absolute Gasteiger partial charge is 0.330 e. The Morgan fingerprint density at radius 1 is 1.28 bits per heavy atom. The number of benzene rings is 1. The molecule has 0 atom stereocenters. The molecule has 2 N–H and O–H groups in total. The van der Waals surface area contributed by atoms with Crippen molar-refractivity contribution in [2.24, 2.45) is 5.73 Å². The maximum atomic E-state index is 5.53. The fourth-order valence-corrected chi connectivity index (χ4v) is 2.73. The van der Waals surface area contributed by atoms with Gasteiger partial charge in [0.05, 0.1) is 5.69 Å². The van der Waals surface area contributed by atoms with Crippen molar-refractivity contribution in [3.05, 3.63) is 41.0 Å². The van der Waals surface area contributed by atoms with Crippen molar-refractivity contribution in [2.45, 2.75) is 13.3 Å². The van der Waals surface area contributed by atoms with Gasteiger partial charge >= 0.3 is 0 Å². The van der Waals surface area contributed by atoms with Crippen LogP contribution in [0.3, 0.4) is 0 Å². The first kappa shape index (κ1) is 11.4. The van der Waals surface area contributed by atoms with Crippen LogP contribution in [0.15, 0.2) is 29.6 Å². The van der Waals surface area contributed by atoms with E-state index in [9.17, 15) is 0 Å². The van der Waals surface area contributed by atoms with E-state index in [4.69, 9.17) is 5.73 Å². The highest BCUT2D eigenvalue weighted by Crippen LogP contribution is 2.25. The highest BCUT2D eigenvalue weighted by molar-refractivity contribution is 7.15. The summed E-state index contributed by atoms with van der Waals surface area (Å²) < 4.78 is 1.90. The number of rotatable bonds is 3. The quantitative estimate of drug-likeness (QED) is 0.784. The van der Waals surface area contributed by atoms with Crippen LogP contribution < -0.4 is 5.73 Å². The molecule has 18 heavy (non-hydrogen) atoms. The number of fused-ring (bicyclic) bond motifs is 1. The minimum Gasteiger partial charge on any atom is -0.330 e. The zero-order valence-electron chi connectivity index (χ0n) is 10.1. The summed E-state index contributed by atoms with van der Waals surface area (Å²) >= 11 is 1.61. The molecule has 2 heterocycles. The van der Waals surface area contributed by atoms with E-state index in [1.54, 1.807) is 11.3 Å². The SMILES string of the molecule is Cc1ccc(-c2csc3nc(CCN)nn23)cc1. The molecule has 0 fully saturated rings. The van der Waals surface area contributed by atoms with Gasteiger partial charge in [-0.3, -0.25) is 0 Å². The van der Waals surface area contributed by atoms with Crippen LogP contribution in [0.5, 0.6) is 0 Å². The molecule has 0 amide bonds. The number of nitrogens with two attached hydrogens (primary N) is 1. The Morgan fingerprint density at radius 3 is 2.78 bits per heavy atom. The minimum atomic E-state index is 0.581. The van der Waals surface area contributed by atoms with Crippen LogP contribution >= 0.6 is 11.3 Å². The summed E-state index contributed by atoms with van der Waals surface area (Å²) in [6.45, 7) is 2.67. The number of aromatic nitrogens is 3. The summed E-state index contributed by atoms with van der Waals surface area (Å²) in [4.78, 5) is 5.38. The molecule has 4 nitrogen and oxygen atoms in total. The molecule has 0 unspecified atom stereocenters. The predicted octanol–water partition coefficient (Wildman–Crippen LogP) is 2.27. The van der Waals surface area contributed by atoms with Crippen molar-refractivity contribution in [3.8, 4) is 11.3 Å². The first-order chi connectivity index (χ1) is 8.78. The average molecular weight is 258 g/mol. The molecule has 1 aromatic carbocycles. The average Bonchev–Trinajstić information content (AvgIpc) is 2.90. The molecule has 0 saturated heterocycles. The Balaban J connectivity index is 2.08. The van der Waals surface area contributed by atoms with E-state index in [0.29, 0.717) is 6.54 Å². The summed E-state index contributed by atoms with van der Waals surface area (Å²) in [7, 11) is 0. The topological polar surface area (TPSA) is 56.2 Å². The molecule has 2 aromatic heterocycles. The second-order valence-electron chi connectivity index (χ2n) is 4.25. The first-order valence-corrected chi connectivity index (χ1v) is 6.76. The molecule has 0 saturated carbocycles. The van der Waals surface area contributed by atoms with Crippen LogP contribution in [-0.2, 0) is 6.42 Å². The van der Waals surface area contributed by atoms with Crippen LogP contribution in [0.4, 0.5) is 0 Å². The minimum absolute atomic E-state index is 0.581. The lowest BCUT2D eigenvalue weighted by Gasteiger charge is -1.99. The van der Waals surface area contributed by atoms with Crippen molar-refractivity contribution < 1.29 is 0 Å². The van der Waals surface area contributed by atoms with Crippen LogP contribution in [-0.4, -0.2) is 21.1 Å². The summed E-state index contributed by atoms with van der Waals surface area (Å²) in [5, 5.41) is 6.59. The molecular formula is C13H14N4S. The zero-order chi connectivity index (χ0) is 12.5. The second-order valence-corrected chi connectivity index (χ2v) is 5.08. The van der Waals surface area contributed by atoms with Crippen LogP contribution in [0, 0.1) is 6.92 Å². The molecule has 0 bridgehead atoms. The third-order valence-corrected chi connectivity index (χ3v) is 3.66. The molecule has 3 aromatic rings. The van der Waals surface area contributed by atoms with Gasteiger partial charge in [-0.2, -0.15) is 0 Å². The van der Waals surface area contributed by atoms with E-state index in [-0.39, 0.29) is 0 Å². The lowest BCUT2D eigenvalue weighted by molar-refractivity contribution is 0.848. The number of hydrogen-bond donors (Lipinski definition) is 1. The van der Waals surface area contributed by atoms with Gasteiger partial charge in [0.25, 0.3) is 0 Å². The summed E-state index contributed by atoms with van der Waals surface area (Å²) in [5.74, 6) is 0.817. The van der Waals surface area contributed by atoms with Crippen molar-refractivity contribution in [3.63, 3.8) is 0 Å². The Bertz CT molecular complexity index is 666. The van der Waals surface area contributed by atoms with Crippen LogP contribution in [0.1, 0.15) is 11.4 Å². The smallest absolute Gasteiger partial charge is 0.212 e. The Morgan fingerprint density at radius 2 is 2.06 bits per heavy atom. The second kappa shape index (κ2) is 4.51. The van der Waals surface area contributed by atoms with Gasteiger partial charge in [0.1, 0.15) is 0 Å². The predicted molar refractivity (Wildman–Crippen MR) is 73.8 cm³/mol. The molecule has 0 aliphatic carbocycles. The van der Waals surface area contributed by atoms with Gasteiger partial charge in [-0.1, -0.05) is 29.8 Å². The van der Waals surface area contributed by atoms with Crippen molar-refractivity contribution in [1.82, 2.24) is 14.6 Å². The standard InChI is InChI=1S/C13H14N4S/c1-9-2-4-10(5-3-9)11-8-18-13-15-12(6-7-14)16-17(11)13/h2-5,8H,6-7,14H2,1H3. The van der Waals surface area contributed by atoms with E-state index in [0.717, 1.165) is 28.5 Å². The van der Waals surface area contributed by atoms with E-state index < -0.39 is 0 Å². The van der Waals surface area contributed by atoms with E-state index in [2.05, 4.69) is 46.7 Å². The number of thiazole rings is 1. The summed E-state index contributed by atoms with van der Waals surface area (Å²) in [6, 6.07) is 8.44. The number of hydrogen-bond acceptors (Lipinski definition) is 4. The lowest BCUT2D eigenvalue weighted by Crippen LogP contribution is -2.04. The first-order valence-electron chi connectivity index (χ1n) is 5.88. The van der Waals surface area contributed by atoms with Crippen LogP contribution in [0.2, 0.25) is 0 Å². The fraction of sp³-hybridized carbons (Fsp3) is 0.231. The number of aryl methyl sites for hydroxylation is 1. The molecule has 5 heteroatoms. The maximum Gasteiger partial charge on any atom is 0.212 e.